The molecule has 0 spiro atoms. The van der Waals surface area contributed by atoms with Crippen LogP contribution >= 0.6 is 0 Å². The molecule has 0 aliphatic rings. The smallest absolute Gasteiger partial charge is 0.314 e. The van der Waals surface area contributed by atoms with Crippen LogP contribution in [0.5, 0.6) is 0 Å². The summed E-state index contributed by atoms with van der Waals surface area (Å²) in [5.74, 6) is -0.908. The van der Waals surface area contributed by atoms with E-state index in [9.17, 15) is 9.90 Å². The SMILES string of the molecule is CC(C)(C)OC[C@@](C)(COCc1ccccc1)C(=O)O. The lowest BCUT2D eigenvalue weighted by molar-refractivity contribution is -0.161. The van der Waals surface area contributed by atoms with Crippen LogP contribution in [-0.2, 0) is 20.9 Å². The minimum absolute atomic E-state index is 0.118. The van der Waals surface area contributed by atoms with Crippen molar-refractivity contribution in [2.24, 2.45) is 5.41 Å². The molecule has 0 aliphatic carbocycles. The quantitative estimate of drug-likeness (QED) is 0.833. The molecule has 4 heteroatoms. The fourth-order valence-electron chi connectivity index (χ4n) is 1.51. The second-order valence-corrected chi connectivity index (χ2v) is 6.25. The summed E-state index contributed by atoms with van der Waals surface area (Å²) in [5.41, 5.74) is -0.380. The first-order chi connectivity index (χ1) is 9.23. The lowest BCUT2D eigenvalue weighted by Gasteiger charge is -2.29. The Morgan fingerprint density at radius 3 is 2.20 bits per heavy atom. The van der Waals surface area contributed by atoms with Crippen molar-refractivity contribution >= 4 is 5.97 Å². The van der Waals surface area contributed by atoms with Gasteiger partial charge in [0.15, 0.2) is 0 Å². The topological polar surface area (TPSA) is 55.8 Å². The molecule has 1 aromatic rings. The fourth-order valence-corrected chi connectivity index (χ4v) is 1.51. The molecule has 20 heavy (non-hydrogen) atoms. The number of carboxylic acid groups (broad SMARTS) is 1. The summed E-state index contributed by atoms with van der Waals surface area (Å²) >= 11 is 0. The van der Waals surface area contributed by atoms with Gasteiger partial charge < -0.3 is 14.6 Å². The van der Waals surface area contributed by atoms with Crippen molar-refractivity contribution in [2.75, 3.05) is 13.2 Å². The summed E-state index contributed by atoms with van der Waals surface area (Å²) < 4.78 is 11.1. The number of carbonyl (C=O) groups is 1. The highest BCUT2D eigenvalue weighted by molar-refractivity contribution is 5.74. The zero-order valence-corrected chi connectivity index (χ0v) is 12.7. The zero-order valence-electron chi connectivity index (χ0n) is 12.7. The van der Waals surface area contributed by atoms with Gasteiger partial charge in [0.25, 0.3) is 0 Å². The van der Waals surface area contributed by atoms with Crippen molar-refractivity contribution in [1.29, 1.82) is 0 Å². The number of ether oxygens (including phenoxy) is 2. The summed E-state index contributed by atoms with van der Waals surface area (Å²) in [6.45, 7) is 8.00. The minimum atomic E-state index is -1.04. The van der Waals surface area contributed by atoms with Gasteiger partial charge in [0.1, 0.15) is 5.41 Å². The standard InChI is InChI=1S/C16H24O4/c1-15(2,3)20-12-16(4,14(17)18)11-19-10-13-8-6-5-7-9-13/h5-9H,10-12H2,1-4H3,(H,17,18)/t16-/m1/s1. The number of carboxylic acids is 1. The van der Waals surface area contributed by atoms with Crippen molar-refractivity contribution < 1.29 is 19.4 Å². The molecule has 4 nitrogen and oxygen atoms in total. The van der Waals surface area contributed by atoms with Crippen LogP contribution in [0, 0.1) is 5.41 Å². The van der Waals surface area contributed by atoms with Crippen LogP contribution in [0.4, 0.5) is 0 Å². The Balaban J connectivity index is 2.52. The molecule has 0 saturated carbocycles. The second kappa shape index (κ2) is 6.86. The largest absolute Gasteiger partial charge is 0.481 e. The van der Waals surface area contributed by atoms with Crippen LogP contribution in [0.25, 0.3) is 0 Å². The van der Waals surface area contributed by atoms with E-state index in [0.29, 0.717) is 6.61 Å². The highest BCUT2D eigenvalue weighted by atomic mass is 16.5. The van der Waals surface area contributed by atoms with Gasteiger partial charge in [0.2, 0.25) is 0 Å². The molecule has 0 fully saturated rings. The van der Waals surface area contributed by atoms with Gasteiger partial charge in [-0.3, -0.25) is 4.79 Å². The van der Waals surface area contributed by atoms with Gasteiger partial charge in [-0.1, -0.05) is 30.3 Å². The van der Waals surface area contributed by atoms with E-state index in [1.165, 1.54) is 0 Å². The number of hydrogen-bond acceptors (Lipinski definition) is 3. The van der Waals surface area contributed by atoms with Crippen molar-refractivity contribution in [2.45, 2.75) is 39.9 Å². The monoisotopic (exact) mass is 280 g/mol. The van der Waals surface area contributed by atoms with E-state index in [1.807, 2.05) is 51.1 Å². The molecule has 1 rings (SSSR count). The molecule has 1 atom stereocenters. The van der Waals surface area contributed by atoms with Gasteiger partial charge in [-0.05, 0) is 33.3 Å². The van der Waals surface area contributed by atoms with Gasteiger partial charge >= 0.3 is 5.97 Å². The Hall–Kier alpha value is -1.39. The highest BCUT2D eigenvalue weighted by Crippen LogP contribution is 2.22. The summed E-state index contributed by atoms with van der Waals surface area (Å²) in [5, 5.41) is 9.37. The van der Waals surface area contributed by atoms with E-state index in [0.717, 1.165) is 5.56 Å². The first-order valence-corrected chi connectivity index (χ1v) is 6.72. The fraction of sp³-hybridized carbons (Fsp3) is 0.562. The maximum Gasteiger partial charge on any atom is 0.314 e. The number of hydrogen-bond donors (Lipinski definition) is 1. The Bertz CT molecular complexity index is 422. The lowest BCUT2D eigenvalue weighted by atomic mass is 9.93. The molecule has 1 N–H and O–H groups in total. The molecule has 0 aliphatic heterocycles. The molecule has 0 aromatic heterocycles. The molecular weight excluding hydrogens is 256 g/mol. The molecule has 0 bridgehead atoms. The lowest BCUT2D eigenvalue weighted by Crippen LogP contribution is -2.40. The van der Waals surface area contributed by atoms with Crippen molar-refractivity contribution in [3.8, 4) is 0 Å². The first kappa shape index (κ1) is 16.7. The van der Waals surface area contributed by atoms with Crippen LogP contribution < -0.4 is 0 Å². The zero-order chi connectivity index (χ0) is 15.2. The van der Waals surface area contributed by atoms with E-state index in [1.54, 1.807) is 6.92 Å². The normalized spacial score (nSPS) is 14.8. The summed E-state index contributed by atoms with van der Waals surface area (Å²) in [7, 11) is 0. The molecule has 0 amide bonds. The third-order valence-corrected chi connectivity index (χ3v) is 2.87. The Labute approximate surface area is 120 Å². The average molecular weight is 280 g/mol. The van der Waals surface area contributed by atoms with E-state index in [4.69, 9.17) is 9.47 Å². The summed E-state index contributed by atoms with van der Waals surface area (Å²) in [6.07, 6.45) is 0. The Morgan fingerprint density at radius 1 is 1.10 bits per heavy atom. The number of aliphatic carboxylic acids is 1. The third-order valence-electron chi connectivity index (χ3n) is 2.87. The van der Waals surface area contributed by atoms with Gasteiger partial charge in [0.05, 0.1) is 25.4 Å². The van der Waals surface area contributed by atoms with Crippen molar-refractivity contribution in [3.63, 3.8) is 0 Å². The average Bonchev–Trinajstić information content (AvgIpc) is 2.37. The van der Waals surface area contributed by atoms with E-state index >= 15 is 0 Å². The molecule has 112 valence electrons. The van der Waals surface area contributed by atoms with Gasteiger partial charge in [0, 0.05) is 0 Å². The minimum Gasteiger partial charge on any atom is -0.481 e. The molecule has 0 radical (unpaired) electrons. The second-order valence-electron chi connectivity index (χ2n) is 6.25. The number of rotatable bonds is 7. The molecule has 0 heterocycles. The third kappa shape index (κ3) is 5.72. The summed E-state index contributed by atoms with van der Waals surface area (Å²) in [4.78, 5) is 11.4. The Kier molecular flexibility index (Phi) is 5.72. The van der Waals surface area contributed by atoms with E-state index in [-0.39, 0.29) is 18.8 Å². The number of benzene rings is 1. The molecule has 0 saturated heterocycles. The van der Waals surface area contributed by atoms with Gasteiger partial charge in [-0.25, -0.2) is 0 Å². The van der Waals surface area contributed by atoms with Crippen molar-refractivity contribution in [3.05, 3.63) is 35.9 Å². The van der Waals surface area contributed by atoms with Gasteiger partial charge in [-0.15, -0.1) is 0 Å². The van der Waals surface area contributed by atoms with E-state index < -0.39 is 11.4 Å². The first-order valence-electron chi connectivity index (χ1n) is 6.72. The molecule has 0 unspecified atom stereocenters. The maximum atomic E-state index is 11.4. The van der Waals surface area contributed by atoms with Crippen LogP contribution in [0.3, 0.4) is 0 Å². The van der Waals surface area contributed by atoms with Crippen LogP contribution in [0.2, 0.25) is 0 Å². The molecular formula is C16H24O4. The highest BCUT2D eigenvalue weighted by Gasteiger charge is 2.35. The predicted octanol–water partition coefficient (Wildman–Crippen LogP) is 3.11. The predicted molar refractivity (Wildman–Crippen MR) is 77.5 cm³/mol. The maximum absolute atomic E-state index is 11.4. The van der Waals surface area contributed by atoms with Crippen LogP contribution in [0.1, 0.15) is 33.3 Å². The van der Waals surface area contributed by atoms with E-state index in [2.05, 4.69) is 0 Å². The summed E-state index contributed by atoms with van der Waals surface area (Å²) in [6, 6.07) is 9.69. The van der Waals surface area contributed by atoms with Crippen molar-refractivity contribution in [1.82, 2.24) is 0 Å². The molecule has 1 aromatic carbocycles. The Morgan fingerprint density at radius 2 is 1.70 bits per heavy atom. The van der Waals surface area contributed by atoms with Crippen LogP contribution in [-0.4, -0.2) is 29.9 Å². The van der Waals surface area contributed by atoms with Gasteiger partial charge in [-0.2, -0.15) is 0 Å². The van der Waals surface area contributed by atoms with Crippen LogP contribution in [0.15, 0.2) is 30.3 Å².